The van der Waals surface area contributed by atoms with Crippen LogP contribution in [0.2, 0.25) is 0 Å². The van der Waals surface area contributed by atoms with E-state index in [9.17, 15) is 15.3 Å². The Morgan fingerprint density at radius 1 is 1.13 bits per heavy atom. The quantitative estimate of drug-likeness (QED) is 0.509. The van der Waals surface area contributed by atoms with Crippen LogP contribution < -0.4 is 0 Å². The highest BCUT2D eigenvalue weighted by molar-refractivity contribution is 5.48. The van der Waals surface area contributed by atoms with Crippen molar-refractivity contribution in [3.8, 4) is 23.8 Å². The molecule has 0 heterocycles. The molecule has 5 atom stereocenters. The van der Waals surface area contributed by atoms with E-state index in [0.29, 0.717) is 24.2 Å². The molecule has 3 nitrogen and oxygen atoms in total. The number of rotatable bonds is 0. The second-order valence-corrected chi connectivity index (χ2v) is 7.95. The maximum absolute atomic E-state index is 10.9. The first-order chi connectivity index (χ1) is 10.9. The van der Waals surface area contributed by atoms with E-state index in [1.165, 1.54) is 5.56 Å². The lowest BCUT2D eigenvalue weighted by atomic mass is 9.53. The molecule has 4 rings (SSSR count). The van der Waals surface area contributed by atoms with E-state index in [1.54, 1.807) is 12.1 Å². The number of aromatic hydroxyl groups is 2. The molecule has 23 heavy (non-hydrogen) atoms. The van der Waals surface area contributed by atoms with Gasteiger partial charge in [0.2, 0.25) is 0 Å². The van der Waals surface area contributed by atoms with Gasteiger partial charge in [0.1, 0.15) is 5.60 Å². The van der Waals surface area contributed by atoms with Crippen LogP contribution in [0.1, 0.15) is 56.1 Å². The van der Waals surface area contributed by atoms with Gasteiger partial charge in [-0.15, -0.1) is 6.42 Å². The predicted octanol–water partition coefficient (Wildman–Crippen LogP) is 3.32. The lowest BCUT2D eigenvalue weighted by Crippen LogP contribution is -2.50. The average Bonchev–Trinajstić information content (AvgIpc) is 2.81. The summed E-state index contributed by atoms with van der Waals surface area (Å²) in [5, 5.41) is 30.6. The summed E-state index contributed by atoms with van der Waals surface area (Å²) in [6.45, 7) is 2.17. The molecule has 0 saturated heterocycles. The highest BCUT2D eigenvalue weighted by atomic mass is 16.3. The Balaban J connectivity index is 1.74. The van der Waals surface area contributed by atoms with Crippen LogP contribution in [-0.2, 0) is 6.42 Å². The smallest absolute Gasteiger partial charge is 0.157 e. The Labute approximate surface area is 137 Å². The molecule has 1 aromatic carbocycles. The summed E-state index contributed by atoms with van der Waals surface area (Å²) >= 11 is 0. The second kappa shape index (κ2) is 4.68. The van der Waals surface area contributed by atoms with Crippen LogP contribution in [-0.4, -0.2) is 20.9 Å². The molecule has 0 unspecified atom stereocenters. The van der Waals surface area contributed by atoms with Gasteiger partial charge < -0.3 is 15.3 Å². The van der Waals surface area contributed by atoms with Gasteiger partial charge in [0.25, 0.3) is 0 Å². The molecule has 0 spiro atoms. The van der Waals surface area contributed by atoms with Crippen molar-refractivity contribution in [2.45, 2.75) is 57.0 Å². The summed E-state index contributed by atoms with van der Waals surface area (Å²) in [5.74, 6) is 4.00. The molecule has 3 aliphatic carbocycles. The molecule has 3 aliphatic rings. The van der Waals surface area contributed by atoms with Crippen LogP contribution in [0.5, 0.6) is 11.5 Å². The second-order valence-electron chi connectivity index (χ2n) is 7.95. The maximum atomic E-state index is 10.9. The van der Waals surface area contributed by atoms with Crippen LogP contribution in [0.3, 0.4) is 0 Å². The highest BCUT2D eigenvalue weighted by Gasteiger charge is 2.61. The third-order valence-electron chi connectivity index (χ3n) is 7.21. The van der Waals surface area contributed by atoms with E-state index < -0.39 is 5.60 Å². The van der Waals surface area contributed by atoms with Crippen molar-refractivity contribution in [3.63, 3.8) is 0 Å². The number of aliphatic hydroxyl groups is 1. The lowest BCUT2D eigenvalue weighted by molar-refractivity contribution is -0.0647. The van der Waals surface area contributed by atoms with E-state index in [-0.39, 0.29) is 16.9 Å². The Bertz CT molecular complexity index is 704. The lowest BCUT2D eigenvalue weighted by Gasteiger charge is -2.52. The summed E-state index contributed by atoms with van der Waals surface area (Å²) in [6, 6.07) is 3.48. The minimum absolute atomic E-state index is 0.0228. The number of terminal acetylenes is 1. The normalized spacial score (nSPS) is 41.5. The van der Waals surface area contributed by atoms with Crippen LogP contribution >= 0.6 is 0 Å². The van der Waals surface area contributed by atoms with E-state index >= 15 is 0 Å². The highest BCUT2D eigenvalue weighted by Crippen LogP contribution is 2.64. The fourth-order valence-corrected chi connectivity index (χ4v) is 5.85. The van der Waals surface area contributed by atoms with Gasteiger partial charge >= 0.3 is 0 Å². The van der Waals surface area contributed by atoms with Crippen molar-refractivity contribution < 1.29 is 15.3 Å². The molecular weight excluding hydrogens is 288 g/mol. The monoisotopic (exact) mass is 312 g/mol. The van der Waals surface area contributed by atoms with Gasteiger partial charge in [-0.25, -0.2) is 0 Å². The molecule has 0 bridgehead atoms. The van der Waals surface area contributed by atoms with Crippen LogP contribution in [0, 0.1) is 29.6 Å². The molecule has 122 valence electrons. The molecule has 0 aromatic heterocycles. The molecule has 2 saturated carbocycles. The minimum Gasteiger partial charge on any atom is -0.504 e. The average molecular weight is 312 g/mol. The van der Waals surface area contributed by atoms with E-state index in [1.807, 2.05) is 0 Å². The first kappa shape index (κ1) is 14.9. The predicted molar refractivity (Wildman–Crippen MR) is 88.2 cm³/mol. The Hall–Kier alpha value is -1.66. The topological polar surface area (TPSA) is 60.7 Å². The molecule has 0 aliphatic heterocycles. The standard InChI is InChI=1S/C20H24O3/c1-3-20(23)9-7-16-14-5-4-12-10-17(21)18(22)11-15(12)13(14)6-8-19(16,20)2/h1,10-11,13-14,16,21-23H,4-9H2,2H3/t13-,14+,16-,19-,20+/m0/s1. The van der Waals surface area contributed by atoms with Crippen molar-refractivity contribution in [1.82, 2.24) is 0 Å². The van der Waals surface area contributed by atoms with Crippen LogP contribution in [0.4, 0.5) is 0 Å². The van der Waals surface area contributed by atoms with Gasteiger partial charge in [-0.3, -0.25) is 0 Å². The van der Waals surface area contributed by atoms with Crippen molar-refractivity contribution >= 4 is 0 Å². The molecular formula is C20H24O3. The Kier molecular flexibility index (Phi) is 3.03. The zero-order valence-electron chi connectivity index (χ0n) is 13.5. The van der Waals surface area contributed by atoms with Crippen LogP contribution in [0.25, 0.3) is 0 Å². The fourth-order valence-electron chi connectivity index (χ4n) is 5.85. The summed E-state index contributed by atoms with van der Waals surface area (Å²) < 4.78 is 0. The zero-order valence-corrected chi connectivity index (χ0v) is 13.5. The molecule has 0 amide bonds. The Morgan fingerprint density at radius 2 is 1.87 bits per heavy atom. The third-order valence-corrected chi connectivity index (χ3v) is 7.21. The summed E-state index contributed by atoms with van der Waals surface area (Å²) in [5.41, 5.74) is 1.18. The van der Waals surface area contributed by atoms with Gasteiger partial charge in [0.05, 0.1) is 0 Å². The van der Waals surface area contributed by atoms with Crippen molar-refractivity contribution in [2.75, 3.05) is 0 Å². The van der Waals surface area contributed by atoms with Gasteiger partial charge in [0, 0.05) is 5.41 Å². The van der Waals surface area contributed by atoms with Crippen molar-refractivity contribution in [3.05, 3.63) is 23.3 Å². The number of benzene rings is 1. The molecule has 3 N–H and O–H groups in total. The third kappa shape index (κ3) is 1.82. The minimum atomic E-state index is -0.972. The first-order valence-electron chi connectivity index (χ1n) is 8.64. The number of phenols is 2. The first-order valence-corrected chi connectivity index (χ1v) is 8.64. The maximum Gasteiger partial charge on any atom is 0.157 e. The number of phenolic OH excluding ortho intramolecular Hbond substituents is 2. The van der Waals surface area contributed by atoms with E-state index in [2.05, 4.69) is 12.8 Å². The molecule has 2 fully saturated rings. The van der Waals surface area contributed by atoms with Gasteiger partial charge in [0.15, 0.2) is 11.5 Å². The molecule has 3 heteroatoms. The molecule has 0 radical (unpaired) electrons. The Morgan fingerprint density at radius 3 is 2.61 bits per heavy atom. The molecule has 1 aromatic rings. The summed E-state index contributed by atoms with van der Waals surface area (Å²) in [7, 11) is 0. The van der Waals surface area contributed by atoms with E-state index in [0.717, 1.165) is 37.7 Å². The number of hydrogen-bond acceptors (Lipinski definition) is 3. The number of fused-ring (bicyclic) bond motifs is 5. The van der Waals surface area contributed by atoms with E-state index in [4.69, 9.17) is 6.42 Å². The van der Waals surface area contributed by atoms with Crippen molar-refractivity contribution in [2.24, 2.45) is 17.3 Å². The number of hydrogen-bond donors (Lipinski definition) is 3. The van der Waals surface area contributed by atoms with Gasteiger partial charge in [-0.05, 0) is 79.5 Å². The largest absolute Gasteiger partial charge is 0.504 e. The van der Waals surface area contributed by atoms with Crippen LogP contribution in [0.15, 0.2) is 12.1 Å². The van der Waals surface area contributed by atoms with Gasteiger partial charge in [-0.2, -0.15) is 0 Å². The van der Waals surface area contributed by atoms with Gasteiger partial charge in [-0.1, -0.05) is 12.8 Å². The number of aryl methyl sites for hydroxylation is 1. The SMILES string of the molecule is C#C[C@@]1(O)CC[C@H]2[C@@H]3CCc4cc(O)c(O)cc4[C@H]3CC[C@@]21C. The van der Waals surface area contributed by atoms with Crippen molar-refractivity contribution in [1.29, 1.82) is 0 Å². The summed E-state index contributed by atoms with van der Waals surface area (Å²) in [4.78, 5) is 0. The fraction of sp³-hybridized carbons (Fsp3) is 0.600. The summed E-state index contributed by atoms with van der Waals surface area (Å²) in [6.07, 6.45) is 11.3. The zero-order chi connectivity index (χ0) is 16.4.